The smallest absolute Gasteiger partial charge is 0.387 e. The normalized spacial score (nSPS) is 11.2. The Kier molecular flexibility index (Phi) is 9.47. The highest BCUT2D eigenvalue weighted by atomic mass is 19.3. The lowest BCUT2D eigenvalue weighted by Crippen LogP contribution is -2.38. The Morgan fingerprint density at radius 1 is 1.19 bits per heavy atom. The third-order valence-corrected chi connectivity index (χ3v) is 4.04. The molecule has 0 aliphatic carbocycles. The largest absolute Gasteiger partial charge is 0.490 e. The van der Waals surface area contributed by atoms with E-state index in [0.717, 1.165) is 5.69 Å². The lowest BCUT2D eigenvalue weighted by Gasteiger charge is -2.17. The van der Waals surface area contributed by atoms with Crippen molar-refractivity contribution in [2.45, 2.75) is 33.4 Å². The van der Waals surface area contributed by atoms with Crippen LogP contribution in [0.4, 0.5) is 14.6 Å². The van der Waals surface area contributed by atoms with E-state index in [1.807, 2.05) is 19.1 Å². The summed E-state index contributed by atoms with van der Waals surface area (Å²) in [5.74, 6) is 0.927. The van der Waals surface area contributed by atoms with Crippen molar-refractivity contribution in [3.8, 4) is 11.5 Å². The maximum Gasteiger partial charge on any atom is 0.387 e. The molecule has 2 rings (SSSR count). The summed E-state index contributed by atoms with van der Waals surface area (Å²) in [7, 11) is 1.57. The molecule has 8 nitrogen and oxygen atoms in total. The molecule has 10 heteroatoms. The summed E-state index contributed by atoms with van der Waals surface area (Å²) in [6.45, 7) is 1.43. The summed E-state index contributed by atoms with van der Waals surface area (Å²) in [5.41, 5.74) is 1.29. The van der Waals surface area contributed by atoms with Crippen LogP contribution in [0, 0.1) is 6.92 Å². The topological polar surface area (TPSA) is 96.9 Å². The van der Waals surface area contributed by atoms with Crippen molar-refractivity contribution in [3.63, 3.8) is 0 Å². The van der Waals surface area contributed by atoms with E-state index in [9.17, 15) is 13.6 Å². The molecule has 0 atom stereocenters. The Morgan fingerprint density at radius 3 is 2.65 bits per heavy atom. The number of aromatic nitrogens is 1. The van der Waals surface area contributed by atoms with Crippen molar-refractivity contribution < 1.29 is 23.0 Å². The number of carbonyl (C=O) groups is 1. The third kappa shape index (κ3) is 8.07. The SMILES string of the molecule is CCOc1cccc(CNC(=NC)NCCC(=O)Nc2cccc(C)n2)c1OC(F)F. The van der Waals surface area contributed by atoms with Gasteiger partial charge < -0.3 is 25.4 Å². The van der Waals surface area contributed by atoms with Crippen LogP contribution in [0.2, 0.25) is 0 Å². The lowest BCUT2D eigenvalue weighted by atomic mass is 10.2. The fourth-order valence-corrected chi connectivity index (χ4v) is 2.70. The number of alkyl halides is 2. The zero-order chi connectivity index (χ0) is 22.6. The Labute approximate surface area is 180 Å². The minimum absolute atomic E-state index is 0.0210. The molecule has 31 heavy (non-hydrogen) atoms. The first-order valence-corrected chi connectivity index (χ1v) is 9.80. The first-order valence-electron chi connectivity index (χ1n) is 9.80. The zero-order valence-corrected chi connectivity index (χ0v) is 17.7. The molecule has 0 aliphatic heterocycles. The van der Waals surface area contributed by atoms with E-state index >= 15 is 0 Å². The maximum atomic E-state index is 12.8. The molecule has 0 aliphatic rings. The fourth-order valence-electron chi connectivity index (χ4n) is 2.70. The van der Waals surface area contributed by atoms with Gasteiger partial charge >= 0.3 is 6.61 Å². The number of carbonyl (C=O) groups excluding carboxylic acids is 1. The molecule has 0 saturated carbocycles. The van der Waals surface area contributed by atoms with Crippen LogP contribution in [-0.4, -0.2) is 43.7 Å². The number of amides is 1. The molecule has 0 fully saturated rings. The van der Waals surface area contributed by atoms with Gasteiger partial charge in [0, 0.05) is 37.8 Å². The van der Waals surface area contributed by atoms with Gasteiger partial charge in [-0.15, -0.1) is 0 Å². The summed E-state index contributed by atoms with van der Waals surface area (Å²) >= 11 is 0. The Morgan fingerprint density at radius 2 is 1.97 bits per heavy atom. The van der Waals surface area contributed by atoms with Crippen LogP contribution in [-0.2, 0) is 11.3 Å². The molecule has 168 valence electrons. The highest BCUT2D eigenvalue weighted by Crippen LogP contribution is 2.32. The number of benzene rings is 1. The van der Waals surface area contributed by atoms with Crippen LogP contribution >= 0.6 is 0 Å². The number of pyridine rings is 1. The van der Waals surface area contributed by atoms with Crippen molar-refractivity contribution in [1.29, 1.82) is 0 Å². The van der Waals surface area contributed by atoms with Gasteiger partial charge in [0.15, 0.2) is 17.5 Å². The van der Waals surface area contributed by atoms with Crippen LogP contribution in [0.5, 0.6) is 11.5 Å². The molecular weight excluding hydrogens is 408 g/mol. The predicted octanol–water partition coefficient (Wildman–Crippen LogP) is 3.08. The molecule has 0 bridgehead atoms. The van der Waals surface area contributed by atoms with E-state index in [0.29, 0.717) is 30.5 Å². The quantitative estimate of drug-likeness (QED) is 0.392. The standard InChI is InChI=1S/C21H27F2N5O3/c1-4-30-16-9-6-8-15(19(16)31-20(22)23)13-26-21(24-3)25-12-11-18(29)28-17-10-5-7-14(2)27-17/h5-10,20H,4,11-13H2,1-3H3,(H2,24,25,26)(H,27,28,29). The van der Waals surface area contributed by atoms with Gasteiger partial charge in [0.05, 0.1) is 6.61 Å². The van der Waals surface area contributed by atoms with Crippen molar-refractivity contribution >= 4 is 17.7 Å². The number of guanidine groups is 1. The summed E-state index contributed by atoms with van der Waals surface area (Å²) in [5, 5.41) is 8.74. The van der Waals surface area contributed by atoms with E-state index in [-0.39, 0.29) is 30.4 Å². The Bertz CT molecular complexity index is 893. The van der Waals surface area contributed by atoms with Crippen LogP contribution in [0.1, 0.15) is 24.6 Å². The Hall–Kier alpha value is -3.43. The summed E-state index contributed by atoms with van der Waals surface area (Å²) in [6, 6.07) is 10.3. The summed E-state index contributed by atoms with van der Waals surface area (Å²) < 4.78 is 35.7. The summed E-state index contributed by atoms with van der Waals surface area (Å²) in [4.78, 5) is 20.4. The van der Waals surface area contributed by atoms with Gasteiger partial charge in [-0.05, 0) is 32.0 Å². The first kappa shape index (κ1) is 23.8. The van der Waals surface area contributed by atoms with Gasteiger partial charge in [0.25, 0.3) is 0 Å². The van der Waals surface area contributed by atoms with Crippen molar-refractivity contribution in [3.05, 3.63) is 47.7 Å². The minimum atomic E-state index is -2.97. The van der Waals surface area contributed by atoms with Gasteiger partial charge in [-0.3, -0.25) is 9.79 Å². The number of aryl methyl sites for hydroxylation is 1. The summed E-state index contributed by atoms with van der Waals surface area (Å²) in [6.07, 6.45) is 0.190. The van der Waals surface area contributed by atoms with Gasteiger partial charge in [0.1, 0.15) is 5.82 Å². The molecule has 0 spiro atoms. The number of aliphatic imine (C=N–C) groups is 1. The second kappa shape index (κ2) is 12.3. The molecule has 1 aromatic carbocycles. The number of anilines is 1. The van der Waals surface area contributed by atoms with E-state index in [2.05, 4.69) is 30.7 Å². The number of para-hydroxylation sites is 1. The minimum Gasteiger partial charge on any atom is -0.490 e. The fraction of sp³-hybridized carbons (Fsp3) is 0.381. The number of hydrogen-bond donors (Lipinski definition) is 3. The second-order valence-electron chi connectivity index (χ2n) is 6.37. The molecule has 0 unspecified atom stereocenters. The van der Waals surface area contributed by atoms with Crippen molar-refractivity contribution in [2.24, 2.45) is 4.99 Å². The maximum absolute atomic E-state index is 12.8. The number of hydrogen-bond acceptors (Lipinski definition) is 5. The van der Waals surface area contributed by atoms with Gasteiger partial charge in [-0.25, -0.2) is 4.98 Å². The number of ether oxygens (including phenoxy) is 2. The highest BCUT2D eigenvalue weighted by molar-refractivity contribution is 5.90. The third-order valence-electron chi connectivity index (χ3n) is 4.04. The average Bonchev–Trinajstić information content (AvgIpc) is 2.72. The number of nitrogens with zero attached hydrogens (tertiary/aromatic N) is 2. The van der Waals surface area contributed by atoms with Crippen LogP contribution in [0.15, 0.2) is 41.4 Å². The molecule has 0 radical (unpaired) electrons. The van der Waals surface area contributed by atoms with E-state index in [1.165, 1.54) is 0 Å². The van der Waals surface area contributed by atoms with Crippen LogP contribution in [0.25, 0.3) is 0 Å². The first-order chi connectivity index (χ1) is 14.9. The van der Waals surface area contributed by atoms with E-state index in [1.54, 1.807) is 38.2 Å². The van der Waals surface area contributed by atoms with Gasteiger partial charge in [-0.2, -0.15) is 8.78 Å². The van der Waals surface area contributed by atoms with Crippen molar-refractivity contribution in [2.75, 3.05) is 25.5 Å². The van der Waals surface area contributed by atoms with Crippen LogP contribution in [0.3, 0.4) is 0 Å². The van der Waals surface area contributed by atoms with Gasteiger partial charge in [0.2, 0.25) is 5.91 Å². The van der Waals surface area contributed by atoms with Crippen LogP contribution < -0.4 is 25.4 Å². The predicted molar refractivity (Wildman–Crippen MR) is 115 cm³/mol. The molecule has 1 heterocycles. The highest BCUT2D eigenvalue weighted by Gasteiger charge is 2.16. The zero-order valence-electron chi connectivity index (χ0n) is 17.7. The molecule has 1 aromatic heterocycles. The second-order valence-corrected chi connectivity index (χ2v) is 6.37. The van der Waals surface area contributed by atoms with Crippen molar-refractivity contribution in [1.82, 2.24) is 15.6 Å². The number of halogens is 2. The molecular formula is C21H27F2N5O3. The van der Waals surface area contributed by atoms with Gasteiger partial charge in [-0.1, -0.05) is 18.2 Å². The monoisotopic (exact) mass is 435 g/mol. The number of rotatable bonds is 10. The average molecular weight is 435 g/mol. The molecule has 1 amide bonds. The van der Waals surface area contributed by atoms with E-state index in [4.69, 9.17) is 4.74 Å². The Balaban J connectivity index is 1.88. The molecule has 2 aromatic rings. The van der Waals surface area contributed by atoms with E-state index < -0.39 is 6.61 Å². The number of nitrogens with one attached hydrogen (secondary N) is 3. The molecule has 0 saturated heterocycles. The molecule has 3 N–H and O–H groups in total. The lowest BCUT2D eigenvalue weighted by molar-refractivity contribution is -0.116.